The second kappa shape index (κ2) is 9.89. The summed E-state index contributed by atoms with van der Waals surface area (Å²) in [6.45, 7) is 3.38. The lowest BCUT2D eigenvalue weighted by molar-refractivity contribution is 0.147. The molecule has 3 rings (SSSR count). The SMILES string of the molecule is Cl.Cl.FC[C@H](c1ccc(-c2ccccc2)cc1)N1CCNCC1. The predicted octanol–water partition coefficient (Wildman–Crippen LogP) is 4.11. The van der Waals surface area contributed by atoms with Crippen molar-refractivity contribution >= 4 is 24.8 Å². The molecule has 2 nitrogen and oxygen atoms in total. The van der Waals surface area contributed by atoms with Gasteiger partial charge in [-0.05, 0) is 16.7 Å². The summed E-state index contributed by atoms with van der Waals surface area (Å²) in [5.41, 5.74) is 3.44. The van der Waals surface area contributed by atoms with Crippen LogP contribution in [0.25, 0.3) is 11.1 Å². The first kappa shape index (κ1) is 19.9. The van der Waals surface area contributed by atoms with Crippen LogP contribution in [0.1, 0.15) is 11.6 Å². The van der Waals surface area contributed by atoms with Crippen molar-refractivity contribution in [2.75, 3.05) is 32.9 Å². The quantitative estimate of drug-likeness (QED) is 0.886. The van der Waals surface area contributed by atoms with Crippen molar-refractivity contribution in [2.24, 2.45) is 0 Å². The van der Waals surface area contributed by atoms with Crippen LogP contribution in [0.2, 0.25) is 0 Å². The van der Waals surface area contributed by atoms with Gasteiger partial charge in [0.1, 0.15) is 6.67 Å². The Hall–Kier alpha value is -1.13. The minimum Gasteiger partial charge on any atom is -0.314 e. The van der Waals surface area contributed by atoms with E-state index in [-0.39, 0.29) is 37.5 Å². The van der Waals surface area contributed by atoms with Gasteiger partial charge < -0.3 is 5.32 Å². The van der Waals surface area contributed by atoms with Crippen LogP contribution in [0.4, 0.5) is 4.39 Å². The first-order valence-electron chi connectivity index (χ1n) is 7.54. The lowest BCUT2D eigenvalue weighted by Crippen LogP contribution is -2.45. The fraction of sp³-hybridized carbons (Fsp3) is 0.333. The second-order valence-electron chi connectivity index (χ2n) is 5.44. The molecule has 1 heterocycles. The van der Waals surface area contributed by atoms with Crippen molar-refractivity contribution in [1.82, 2.24) is 10.2 Å². The molecular weight excluding hydrogens is 334 g/mol. The van der Waals surface area contributed by atoms with Crippen LogP contribution < -0.4 is 5.32 Å². The molecule has 0 spiro atoms. The summed E-state index contributed by atoms with van der Waals surface area (Å²) in [5, 5.41) is 3.31. The maximum absolute atomic E-state index is 13.5. The van der Waals surface area contributed by atoms with Crippen LogP contribution in [-0.2, 0) is 0 Å². The van der Waals surface area contributed by atoms with Gasteiger partial charge in [0.2, 0.25) is 0 Å². The van der Waals surface area contributed by atoms with E-state index < -0.39 is 0 Å². The van der Waals surface area contributed by atoms with Crippen LogP contribution in [0.5, 0.6) is 0 Å². The summed E-state index contributed by atoms with van der Waals surface area (Å²) in [7, 11) is 0. The van der Waals surface area contributed by atoms with Gasteiger partial charge in [0, 0.05) is 26.2 Å². The van der Waals surface area contributed by atoms with E-state index in [0.717, 1.165) is 31.7 Å². The summed E-state index contributed by atoms with van der Waals surface area (Å²) in [6, 6.07) is 18.5. The Kier molecular flexibility index (Phi) is 8.56. The molecule has 2 aromatic carbocycles. The molecule has 0 aliphatic carbocycles. The number of alkyl halides is 1. The molecule has 1 saturated heterocycles. The van der Waals surface area contributed by atoms with Gasteiger partial charge in [0.25, 0.3) is 0 Å². The Morgan fingerprint density at radius 3 is 2.00 bits per heavy atom. The van der Waals surface area contributed by atoms with Crippen LogP contribution >= 0.6 is 24.8 Å². The molecule has 0 unspecified atom stereocenters. The number of benzene rings is 2. The highest BCUT2D eigenvalue weighted by Gasteiger charge is 2.21. The molecule has 1 fully saturated rings. The Morgan fingerprint density at radius 2 is 1.43 bits per heavy atom. The standard InChI is InChI=1S/C18H21FN2.2ClH/c19-14-18(21-12-10-20-11-13-21)17-8-6-16(7-9-17)15-4-2-1-3-5-15;;/h1-9,18,20H,10-14H2;2*1H/t18-;;/m1../s1. The molecule has 23 heavy (non-hydrogen) atoms. The minimum atomic E-state index is -0.329. The van der Waals surface area contributed by atoms with E-state index in [1.807, 2.05) is 18.2 Å². The van der Waals surface area contributed by atoms with Crippen molar-refractivity contribution in [1.29, 1.82) is 0 Å². The number of piperazine rings is 1. The molecule has 0 bridgehead atoms. The largest absolute Gasteiger partial charge is 0.314 e. The third-order valence-corrected chi connectivity index (χ3v) is 4.14. The number of halogens is 3. The molecule has 0 aromatic heterocycles. The molecule has 5 heteroatoms. The highest BCUT2D eigenvalue weighted by Crippen LogP contribution is 2.25. The van der Waals surface area contributed by atoms with Crippen molar-refractivity contribution in [3.63, 3.8) is 0 Å². The van der Waals surface area contributed by atoms with Gasteiger partial charge in [-0.2, -0.15) is 0 Å². The van der Waals surface area contributed by atoms with Gasteiger partial charge >= 0.3 is 0 Å². The molecule has 0 radical (unpaired) electrons. The maximum Gasteiger partial charge on any atom is 0.109 e. The average molecular weight is 357 g/mol. The van der Waals surface area contributed by atoms with E-state index in [1.54, 1.807) is 0 Å². The van der Waals surface area contributed by atoms with Gasteiger partial charge in [-0.3, -0.25) is 4.90 Å². The van der Waals surface area contributed by atoms with Crippen molar-refractivity contribution in [2.45, 2.75) is 6.04 Å². The van der Waals surface area contributed by atoms with Crippen molar-refractivity contribution in [3.8, 4) is 11.1 Å². The summed E-state index contributed by atoms with van der Waals surface area (Å²) >= 11 is 0. The molecule has 126 valence electrons. The Morgan fingerprint density at radius 1 is 0.870 bits per heavy atom. The summed E-state index contributed by atoms with van der Waals surface area (Å²) < 4.78 is 13.5. The van der Waals surface area contributed by atoms with Crippen molar-refractivity contribution < 1.29 is 4.39 Å². The molecule has 0 amide bonds. The fourth-order valence-electron chi connectivity index (χ4n) is 2.92. The van der Waals surface area contributed by atoms with Gasteiger partial charge in [-0.15, -0.1) is 24.8 Å². The van der Waals surface area contributed by atoms with Crippen LogP contribution in [0.15, 0.2) is 54.6 Å². The monoisotopic (exact) mass is 356 g/mol. The van der Waals surface area contributed by atoms with Crippen LogP contribution in [0.3, 0.4) is 0 Å². The lowest BCUT2D eigenvalue weighted by atomic mass is 10.00. The Bertz CT molecular complexity index is 557. The van der Waals surface area contributed by atoms with Gasteiger partial charge in [0.15, 0.2) is 0 Å². The molecular formula is C18H23Cl2FN2. The van der Waals surface area contributed by atoms with Gasteiger partial charge in [-0.25, -0.2) is 4.39 Å². The first-order chi connectivity index (χ1) is 10.4. The van der Waals surface area contributed by atoms with E-state index in [2.05, 4.69) is 46.6 Å². The van der Waals surface area contributed by atoms with Crippen LogP contribution in [0, 0.1) is 0 Å². The molecule has 1 N–H and O–H groups in total. The van der Waals surface area contributed by atoms with Gasteiger partial charge in [0.05, 0.1) is 6.04 Å². The highest BCUT2D eigenvalue weighted by atomic mass is 35.5. The van der Waals surface area contributed by atoms with E-state index in [4.69, 9.17) is 0 Å². The summed E-state index contributed by atoms with van der Waals surface area (Å²) in [4.78, 5) is 2.23. The number of nitrogens with zero attached hydrogens (tertiary/aromatic N) is 1. The van der Waals surface area contributed by atoms with Crippen molar-refractivity contribution in [3.05, 3.63) is 60.2 Å². The van der Waals surface area contributed by atoms with E-state index >= 15 is 0 Å². The summed E-state index contributed by atoms with van der Waals surface area (Å²) in [5.74, 6) is 0. The average Bonchev–Trinajstić information content (AvgIpc) is 2.58. The normalized spacial score (nSPS) is 16.0. The number of hydrogen-bond acceptors (Lipinski definition) is 2. The molecule has 0 saturated carbocycles. The topological polar surface area (TPSA) is 15.3 Å². The minimum absolute atomic E-state index is 0. The third kappa shape index (κ3) is 4.92. The smallest absolute Gasteiger partial charge is 0.109 e. The predicted molar refractivity (Wildman–Crippen MR) is 99.5 cm³/mol. The third-order valence-electron chi connectivity index (χ3n) is 4.14. The Labute approximate surface area is 149 Å². The number of rotatable bonds is 4. The number of nitrogens with one attached hydrogen (secondary N) is 1. The maximum atomic E-state index is 13.5. The molecule has 1 aliphatic rings. The molecule has 1 aliphatic heterocycles. The zero-order chi connectivity index (χ0) is 14.5. The van der Waals surface area contributed by atoms with E-state index in [0.29, 0.717) is 0 Å². The highest BCUT2D eigenvalue weighted by molar-refractivity contribution is 5.85. The van der Waals surface area contributed by atoms with Crippen LogP contribution in [-0.4, -0.2) is 37.8 Å². The molecule has 1 atom stereocenters. The summed E-state index contributed by atoms with van der Waals surface area (Å²) in [6.07, 6.45) is 0. The van der Waals surface area contributed by atoms with Gasteiger partial charge in [-0.1, -0.05) is 54.6 Å². The molecule has 2 aromatic rings. The number of hydrogen-bond donors (Lipinski definition) is 1. The zero-order valence-corrected chi connectivity index (χ0v) is 14.6. The second-order valence-corrected chi connectivity index (χ2v) is 5.44. The fourth-order valence-corrected chi connectivity index (χ4v) is 2.92. The first-order valence-corrected chi connectivity index (χ1v) is 7.54. The lowest BCUT2D eigenvalue weighted by Gasteiger charge is -2.33. The zero-order valence-electron chi connectivity index (χ0n) is 13.0. The van der Waals surface area contributed by atoms with E-state index in [9.17, 15) is 4.39 Å². The van der Waals surface area contributed by atoms with E-state index in [1.165, 1.54) is 11.1 Å². The Balaban J connectivity index is 0.00000132.